The molecule has 0 aromatic carbocycles. The van der Waals surface area contributed by atoms with Crippen molar-refractivity contribution in [2.45, 2.75) is 88.8 Å². The van der Waals surface area contributed by atoms with Gasteiger partial charge in [-0.15, -0.1) is 0 Å². The summed E-state index contributed by atoms with van der Waals surface area (Å²) in [6.07, 6.45) is 2.71. The number of hydroxylamine groups is 4. The Morgan fingerprint density at radius 1 is 0.398 bits per heavy atom. The van der Waals surface area contributed by atoms with Crippen LogP contribution >= 0.6 is 0 Å². The van der Waals surface area contributed by atoms with Crippen molar-refractivity contribution < 1.29 is 81.0 Å². The first-order chi connectivity index (χ1) is 40.2. The lowest BCUT2D eigenvalue weighted by molar-refractivity contribution is -0.397. The fourth-order valence-electron chi connectivity index (χ4n) is 7.05. The normalized spacial score (nSPS) is 12.7. The molecule has 498 valence electrons. The van der Waals surface area contributed by atoms with Crippen molar-refractivity contribution in [2.75, 3.05) is 244 Å². The average molecular weight is 1210 g/mol. The van der Waals surface area contributed by atoms with Gasteiger partial charge in [-0.1, -0.05) is 6.92 Å². The number of likely N-dealkylation sites (N-methyl/N-ethyl adjacent to an activating group) is 2. The standard InChI is InChI=1S/C15H36N4O3.C13H29N5O3.C13H27N3O5.C13H28O6/c1-5-19-15(20-12-6-9-16-2,21-13-7-10-17-3)22-14-8-11-18-4;1-14-6-8-16-12(19)4-10-18(21-3)11-5-13(20)17-9-7-15-2;1-19-10-6-14-12(17)4-8-16(21-3)9-5-13(18)15-7-11-20-2;1-14-8-7-10(16-3)12(18-5)13(19-6)11(17-4)9-15-2/h16-19H,5-14H2,1-4H3;14-15H,4-11H2,1-3H3,(H,16,19)(H,17,20);4-11H2,1-3H3,(H,14,17)(H,15,18);10-13H,7-9H2,1-6H3/t;;;10-,11+,12+,13+/m...1/s1. The van der Waals surface area contributed by atoms with Crippen LogP contribution in [-0.4, -0.2) is 308 Å². The number of carbonyl (C=O) groups is 4. The molecule has 0 aromatic rings. The van der Waals surface area contributed by atoms with E-state index in [9.17, 15) is 19.2 Å². The van der Waals surface area contributed by atoms with E-state index in [1.165, 1.54) is 14.2 Å². The SMILES string of the molecule is CCNC(OCCCNC)(OCCCNC)OCCCNC.CNCCNC(=O)CCN(CCC(=O)NCCNC)OC.COCCNC(=O)CCN(CCC(=O)NCCOC)OC.COCC[C@@H](OC)[C@H](OC)[C@@H](OC)[C@H](COC)OC. The molecule has 0 heterocycles. The van der Waals surface area contributed by atoms with Gasteiger partial charge in [0.05, 0.1) is 60.0 Å². The number of nitrogens with zero attached hydrogens (tertiary/aromatic N) is 2. The third-order valence-corrected chi connectivity index (χ3v) is 11.6. The first-order valence-corrected chi connectivity index (χ1v) is 28.8. The molecular formula is C54H120N12O17. The Morgan fingerprint density at radius 2 is 0.735 bits per heavy atom. The van der Waals surface area contributed by atoms with Gasteiger partial charge >= 0.3 is 6.10 Å². The van der Waals surface area contributed by atoms with Crippen LogP contribution < -0.4 is 53.2 Å². The van der Waals surface area contributed by atoms with Crippen molar-refractivity contribution >= 4 is 23.6 Å². The third kappa shape index (κ3) is 54.2. The van der Waals surface area contributed by atoms with Gasteiger partial charge in [-0.05, 0) is 87.1 Å². The van der Waals surface area contributed by atoms with Crippen LogP contribution in [0.5, 0.6) is 0 Å². The fourth-order valence-corrected chi connectivity index (χ4v) is 7.05. The molecule has 4 amide bonds. The maximum Gasteiger partial charge on any atom is 0.350 e. The predicted molar refractivity (Wildman–Crippen MR) is 321 cm³/mol. The van der Waals surface area contributed by atoms with Crippen LogP contribution in [0.15, 0.2) is 0 Å². The summed E-state index contributed by atoms with van der Waals surface area (Å²) in [5.41, 5.74) is 0. The molecule has 83 heavy (non-hydrogen) atoms. The summed E-state index contributed by atoms with van der Waals surface area (Å²) in [6.45, 7) is 14.6. The van der Waals surface area contributed by atoms with E-state index in [1.807, 2.05) is 42.2 Å². The Balaban J connectivity index is -0.000000502. The van der Waals surface area contributed by atoms with E-state index in [1.54, 1.807) is 67.0 Å². The Morgan fingerprint density at radius 3 is 1.01 bits per heavy atom. The van der Waals surface area contributed by atoms with Crippen molar-refractivity contribution in [2.24, 2.45) is 0 Å². The highest BCUT2D eigenvalue weighted by Gasteiger charge is 2.36. The molecule has 4 atom stereocenters. The molecule has 0 spiro atoms. The summed E-state index contributed by atoms with van der Waals surface area (Å²) in [7, 11) is 25.5. The Bertz CT molecular complexity index is 1280. The molecule has 0 unspecified atom stereocenters. The molecule has 0 aliphatic heterocycles. The maximum absolute atomic E-state index is 11.5. The van der Waals surface area contributed by atoms with Gasteiger partial charge < -0.3 is 110 Å². The quantitative estimate of drug-likeness (QED) is 0.0184. The predicted octanol–water partition coefficient (Wildman–Crippen LogP) is -1.73. The Labute approximate surface area is 499 Å². The number of rotatable bonds is 55. The number of amides is 4. The van der Waals surface area contributed by atoms with E-state index in [0.29, 0.717) is 131 Å². The molecule has 0 saturated carbocycles. The molecule has 0 fully saturated rings. The van der Waals surface area contributed by atoms with E-state index >= 15 is 0 Å². The lowest BCUT2D eigenvalue weighted by atomic mass is 10.0. The van der Waals surface area contributed by atoms with Gasteiger partial charge in [0.15, 0.2) is 0 Å². The van der Waals surface area contributed by atoms with E-state index in [-0.39, 0.29) is 48.0 Å². The second-order valence-electron chi connectivity index (χ2n) is 18.0. The third-order valence-electron chi connectivity index (χ3n) is 11.6. The molecule has 0 aliphatic rings. The number of carbonyl (C=O) groups excluding carboxylic acids is 4. The van der Waals surface area contributed by atoms with E-state index in [4.69, 9.17) is 61.8 Å². The second kappa shape index (κ2) is 66.6. The highest BCUT2D eigenvalue weighted by molar-refractivity contribution is 5.77. The summed E-state index contributed by atoms with van der Waals surface area (Å²) >= 11 is 0. The van der Waals surface area contributed by atoms with Crippen molar-refractivity contribution in [1.82, 2.24) is 63.3 Å². The van der Waals surface area contributed by atoms with Crippen molar-refractivity contribution in [3.05, 3.63) is 0 Å². The minimum atomic E-state index is -1.13. The van der Waals surface area contributed by atoms with Crippen molar-refractivity contribution in [3.63, 3.8) is 0 Å². The van der Waals surface area contributed by atoms with Gasteiger partial charge in [0.1, 0.15) is 18.3 Å². The van der Waals surface area contributed by atoms with Gasteiger partial charge in [-0.3, -0.25) is 19.2 Å². The average Bonchev–Trinajstić information content (AvgIpc) is 3.57. The van der Waals surface area contributed by atoms with E-state index < -0.39 is 6.10 Å². The van der Waals surface area contributed by atoms with E-state index in [2.05, 4.69) is 53.2 Å². The van der Waals surface area contributed by atoms with Gasteiger partial charge in [0.2, 0.25) is 23.6 Å². The first-order valence-electron chi connectivity index (χ1n) is 28.8. The van der Waals surface area contributed by atoms with Gasteiger partial charge in [0, 0.05) is 155 Å². The number of hydrogen-bond donors (Lipinski definition) is 10. The van der Waals surface area contributed by atoms with Gasteiger partial charge in [-0.2, -0.15) is 10.1 Å². The molecule has 0 radical (unpaired) electrons. The van der Waals surface area contributed by atoms with Gasteiger partial charge in [0.25, 0.3) is 0 Å². The molecule has 0 rings (SSSR count). The van der Waals surface area contributed by atoms with Crippen LogP contribution in [0.2, 0.25) is 0 Å². The monoisotopic (exact) mass is 1210 g/mol. The summed E-state index contributed by atoms with van der Waals surface area (Å²) in [5.74, 6) is -0.186. The maximum atomic E-state index is 11.5. The zero-order chi connectivity index (χ0) is 63.0. The zero-order valence-corrected chi connectivity index (χ0v) is 54.2. The van der Waals surface area contributed by atoms with Crippen LogP contribution in [0.25, 0.3) is 0 Å². The minimum absolute atomic E-state index is 0.0224. The minimum Gasteiger partial charge on any atom is -0.385 e. The van der Waals surface area contributed by atoms with Crippen LogP contribution in [-0.2, 0) is 81.0 Å². The summed E-state index contributed by atoms with van der Waals surface area (Å²) in [5, 5.41) is 32.7. The molecule has 29 heteroatoms. The highest BCUT2D eigenvalue weighted by Crippen LogP contribution is 2.19. The Kier molecular flexibility index (Phi) is 69.4. The largest absolute Gasteiger partial charge is 0.385 e. The number of hydrogen-bond acceptors (Lipinski definition) is 25. The van der Waals surface area contributed by atoms with Crippen LogP contribution in [0.1, 0.15) is 58.3 Å². The number of ether oxygens (including phenoxy) is 11. The van der Waals surface area contributed by atoms with E-state index in [0.717, 1.165) is 58.4 Å². The Hall–Kier alpha value is -2.96. The van der Waals surface area contributed by atoms with Crippen LogP contribution in [0.4, 0.5) is 0 Å². The highest BCUT2D eigenvalue weighted by atomic mass is 16.9. The summed E-state index contributed by atoms with van der Waals surface area (Å²) < 4.78 is 59.5. The lowest BCUT2D eigenvalue weighted by Gasteiger charge is -2.34. The summed E-state index contributed by atoms with van der Waals surface area (Å²) in [6, 6.07) is 0. The van der Waals surface area contributed by atoms with Crippen molar-refractivity contribution in [3.8, 4) is 0 Å². The smallest absolute Gasteiger partial charge is 0.350 e. The summed E-state index contributed by atoms with van der Waals surface area (Å²) in [4.78, 5) is 56.4. The molecular weight excluding hydrogens is 1090 g/mol. The van der Waals surface area contributed by atoms with Crippen LogP contribution in [0, 0.1) is 0 Å². The topological polar surface area (TPSA) is 315 Å². The molecule has 29 nitrogen and oxygen atoms in total. The second-order valence-corrected chi connectivity index (χ2v) is 18.0. The molecule has 0 aromatic heterocycles. The number of nitrogens with one attached hydrogen (secondary N) is 10. The fraction of sp³-hybridized carbons (Fsp3) is 0.926. The lowest BCUT2D eigenvalue weighted by Crippen LogP contribution is -2.53. The van der Waals surface area contributed by atoms with Crippen LogP contribution in [0.3, 0.4) is 0 Å². The number of methoxy groups -OCH3 is 8. The first kappa shape index (κ1) is 86.5. The molecule has 10 N–H and O–H groups in total. The molecule has 0 aliphatic carbocycles. The zero-order valence-electron chi connectivity index (χ0n) is 54.2. The van der Waals surface area contributed by atoms with Crippen molar-refractivity contribution in [1.29, 1.82) is 0 Å². The molecule has 0 saturated heterocycles. The van der Waals surface area contributed by atoms with Gasteiger partial charge in [-0.25, -0.2) is 5.32 Å². The molecule has 0 bridgehead atoms.